The lowest BCUT2D eigenvalue weighted by Gasteiger charge is -2.29. The molecule has 0 unspecified atom stereocenters. The fourth-order valence-corrected chi connectivity index (χ4v) is 2.41. The molecule has 1 aromatic carbocycles. The number of hydrogen-bond donors (Lipinski definition) is 2. The highest BCUT2D eigenvalue weighted by Crippen LogP contribution is 2.33. The van der Waals surface area contributed by atoms with E-state index < -0.39 is 6.03 Å². The fourth-order valence-electron chi connectivity index (χ4n) is 2.14. The van der Waals surface area contributed by atoms with E-state index >= 15 is 0 Å². The molecule has 7 heteroatoms. The summed E-state index contributed by atoms with van der Waals surface area (Å²) in [6.07, 6.45) is 0.650. The second-order valence-electron chi connectivity index (χ2n) is 4.20. The zero-order valence-corrected chi connectivity index (χ0v) is 11.3. The predicted octanol–water partition coefficient (Wildman–Crippen LogP) is 1.74. The Morgan fingerprint density at radius 3 is 2.70 bits per heavy atom. The van der Waals surface area contributed by atoms with Crippen LogP contribution in [0.1, 0.15) is 18.6 Å². The Balaban J connectivity index is 0.00000200. The highest BCUT2D eigenvalue weighted by atomic mass is 35.5. The normalized spacial score (nSPS) is 13.0. The third-order valence-corrected chi connectivity index (χ3v) is 3.38. The smallest absolute Gasteiger partial charge is 0.347 e. The van der Waals surface area contributed by atoms with Crippen LogP contribution in [0, 0.1) is 0 Å². The molecule has 0 radical (unpaired) electrons. The first-order chi connectivity index (χ1) is 9.02. The summed E-state index contributed by atoms with van der Waals surface area (Å²) in [5, 5.41) is 0.685. The molecule has 1 aromatic rings. The molecule has 0 saturated carbocycles. The Morgan fingerprint density at radius 1 is 1.40 bits per heavy atom. The van der Waals surface area contributed by atoms with E-state index in [1.54, 1.807) is 24.1 Å². The fraction of sp³-hybridized carbons (Fsp3) is 0.385. The van der Waals surface area contributed by atoms with E-state index in [9.17, 15) is 4.79 Å². The maximum atomic E-state index is 11.8. The summed E-state index contributed by atoms with van der Waals surface area (Å²) in [6, 6.07) is 3.13. The van der Waals surface area contributed by atoms with E-state index in [2.05, 4.69) is 4.99 Å². The van der Waals surface area contributed by atoms with E-state index in [1.165, 1.54) is 0 Å². The van der Waals surface area contributed by atoms with Gasteiger partial charge in [-0.05, 0) is 24.1 Å². The van der Waals surface area contributed by atoms with E-state index in [-0.39, 0.29) is 13.4 Å². The van der Waals surface area contributed by atoms with Crippen LogP contribution in [0.15, 0.2) is 17.1 Å². The van der Waals surface area contributed by atoms with Crippen molar-refractivity contribution < 1.29 is 9.53 Å². The third-order valence-electron chi connectivity index (χ3n) is 3.03. The van der Waals surface area contributed by atoms with Crippen molar-refractivity contribution in [2.45, 2.75) is 20.4 Å². The van der Waals surface area contributed by atoms with Crippen molar-refractivity contribution in [3.05, 3.63) is 28.3 Å². The van der Waals surface area contributed by atoms with Crippen molar-refractivity contribution in [3.8, 4) is 5.75 Å². The molecule has 2 rings (SSSR count). The summed E-state index contributed by atoms with van der Waals surface area (Å²) in [5.41, 5.74) is 12.3. The van der Waals surface area contributed by atoms with Crippen LogP contribution < -0.4 is 16.2 Å². The van der Waals surface area contributed by atoms with Crippen LogP contribution in [0.25, 0.3) is 0 Å². The van der Waals surface area contributed by atoms with Gasteiger partial charge in [-0.1, -0.05) is 19.0 Å². The molecule has 110 valence electrons. The third kappa shape index (κ3) is 3.14. The van der Waals surface area contributed by atoms with Crippen molar-refractivity contribution >= 4 is 23.6 Å². The number of amides is 2. The molecule has 0 spiro atoms. The largest absolute Gasteiger partial charge is 0.496 e. The van der Waals surface area contributed by atoms with Crippen molar-refractivity contribution in [2.24, 2.45) is 16.5 Å². The first kappa shape index (κ1) is 16.1. The molecule has 20 heavy (non-hydrogen) atoms. The van der Waals surface area contributed by atoms with Gasteiger partial charge in [0, 0.05) is 17.1 Å². The summed E-state index contributed by atoms with van der Waals surface area (Å²) >= 11 is 6.16. The van der Waals surface area contributed by atoms with Gasteiger partial charge in [0.1, 0.15) is 5.75 Å². The molecule has 0 aliphatic carbocycles. The molecule has 4 N–H and O–H groups in total. The molecule has 0 fully saturated rings. The van der Waals surface area contributed by atoms with Crippen molar-refractivity contribution in [1.82, 2.24) is 4.90 Å². The average Bonchev–Trinajstić information content (AvgIpc) is 2.38. The van der Waals surface area contributed by atoms with Gasteiger partial charge >= 0.3 is 6.03 Å². The first-order valence-electron chi connectivity index (χ1n) is 5.75. The van der Waals surface area contributed by atoms with Crippen LogP contribution in [0.3, 0.4) is 0 Å². The minimum absolute atomic E-state index is 0. The topological polar surface area (TPSA) is 93.9 Å². The molecular weight excluding hydrogens is 280 g/mol. The van der Waals surface area contributed by atoms with Gasteiger partial charge in [-0.2, -0.15) is 4.99 Å². The van der Waals surface area contributed by atoms with Crippen LogP contribution in [0.5, 0.6) is 5.75 Å². The second kappa shape index (κ2) is 6.47. The number of nitrogens with two attached hydrogens (primary N) is 2. The van der Waals surface area contributed by atoms with Crippen LogP contribution in [0.4, 0.5) is 4.79 Å². The van der Waals surface area contributed by atoms with Crippen LogP contribution in [-0.2, 0) is 13.0 Å². The molecule has 1 aliphatic heterocycles. The molecule has 6 nitrogen and oxygen atoms in total. The molecule has 0 saturated heterocycles. The maximum absolute atomic E-state index is 11.8. The van der Waals surface area contributed by atoms with E-state index in [1.807, 2.05) is 0 Å². The number of nitrogens with zero attached hydrogens (tertiary/aromatic N) is 2. The number of aliphatic imine (C=N–C) groups is 1. The average molecular weight is 299 g/mol. The van der Waals surface area contributed by atoms with Gasteiger partial charge in [0.25, 0.3) is 0 Å². The summed E-state index contributed by atoms with van der Waals surface area (Å²) in [7, 11) is 1.58. The van der Waals surface area contributed by atoms with Crippen molar-refractivity contribution in [1.29, 1.82) is 0 Å². The molecule has 0 atom stereocenters. The Labute approximate surface area is 123 Å². The van der Waals surface area contributed by atoms with Crippen molar-refractivity contribution in [3.63, 3.8) is 0 Å². The summed E-state index contributed by atoms with van der Waals surface area (Å²) < 4.78 is 5.29. The predicted molar refractivity (Wildman–Crippen MR) is 80.1 cm³/mol. The Hall–Kier alpha value is -1.95. The number of benzene rings is 1. The van der Waals surface area contributed by atoms with E-state index in [4.69, 9.17) is 27.8 Å². The number of ether oxygens (including phenoxy) is 1. The van der Waals surface area contributed by atoms with Crippen LogP contribution in [-0.4, -0.2) is 30.5 Å². The zero-order chi connectivity index (χ0) is 14.0. The number of hydrogen-bond acceptors (Lipinski definition) is 2. The summed E-state index contributed by atoms with van der Waals surface area (Å²) in [5.74, 6) is 0.468. The monoisotopic (exact) mass is 298 g/mol. The van der Waals surface area contributed by atoms with Gasteiger partial charge in [-0.3, -0.25) is 0 Å². The van der Waals surface area contributed by atoms with E-state index in [0.717, 1.165) is 11.1 Å². The number of halogens is 1. The Kier molecular flexibility index (Phi) is 5.21. The number of methoxy groups -OCH3 is 1. The molecular formula is C13H19ClN4O2. The standard InChI is InChI=1S/C12H15ClN4O2.CH4/c1-19-10-3-2-9(13)7-4-5-17(6-8(7)10)12(18)16-11(14)15;/h2-3H,4-6H2,1H3,(H4,14,15,16,18);1H4. The molecule has 1 heterocycles. The number of fused-ring (bicyclic) bond motifs is 1. The Morgan fingerprint density at radius 2 is 2.10 bits per heavy atom. The zero-order valence-electron chi connectivity index (χ0n) is 10.5. The maximum Gasteiger partial charge on any atom is 0.347 e. The van der Waals surface area contributed by atoms with Gasteiger partial charge < -0.3 is 21.1 Å². The quantitative estimate of drug-likeness (QED) is 0.610. The van der Waals surface area contributed by atoms with Gasteiger partial charge in [0.2, 0.25) is 0 Å². The summed E-state index contributed by atoms with van der Waals surface area (Å²) in [6.45, 7) is 0.907. The number of carbonyl (C=O) groups excluding carboxylic acids is 1. The molecule has 0 aromatic heterocycles. The minimum atomic E-state index is -0.451. The summed E-state index contributed by atoms with van der Waals surface area (Å²) in [4.78, 5) is 16.9. The molecule has 0 bridgehead atoms. The SMILES string of the molecule is C.COc1ccc(Cl)c2c1CN(C(=O)N=C(N)N)CC2. The lowest BCUT2D eigenvalue weighted by Crippen LogP contribution is -2.36. The number of guanidine groups is 1. The van der Waals surface area contributed by atoms with E-state index in [0.29, 0.717) is 30.3 Å². The molecule has 2 amide bonds. The van der Waals surface area contributed by atoms with Crippen molar-refractivity contribution in [2.75, 3.05) is 13.7 Å². The minimum Gasteiger partial charge on any atom is -0.496 e. The van der Waals surface area contributed by atoms with Crippen LogP contribution in [0.2, 0.25) is 5.02 Å². The number of carbonyl (C=O) groups is 1. The second-order valence-corrected chi connectivity index (χ2v) is 4.60. The van der Waals surface area contributed by atoms with Gasteiger partial charge in [-0.25, -0.2) is 4.79 Å². The highest BCUT2D eigenvalue weighted by Gasteiger charge is 2.24. The Bertz CT molecular complexity index is 541. The lowest BCUT2D eigenvalue weighted by molar-refractivity contribution is 0.201. The number of urea groups is 1. The van der Waals surface area contributed by atoms with Gasteiger partial charge in [-0.15, -0.1) is 0 Å². The lowest BCUT2D eigenvalue weighted by atomic mass is 9.99. The van der Waals surface area contributed by atoms with Crippen LogP contribution >= 0.6 is 11.6 Å². The number of rotatable bonds is 1. The molecule has 1 aliphatic rings. The van der Waals surface area contributed by atoms with Gasteiger partial charge in [0.05, 0.1) is 13.7 Å². The van der Waals surface area contributed by atoms with Gasteiger partial charge in [0.15, 0.2) is 5.96 Å². The highest BCUT2D eigenvalue weighted by molar-refractivity contribution is 6.31. The first-order valence-corrected chi connectivity index (χ1v) is 6.13.